The van der Waals surface area contributed by atoms with Crippen molar-refractivity contribution in [2.75, 3.05) is 0 Å². The summed E-state index contributed by atoms with van der Waals surface area (Å²) in [6, 6.07) is -0.0787. The van der Waals surface area contributed by atoms with Crippen LogP contribution in [0, 0.1) is 0 Å². The number of nitrogens with two attached hydrogens (primary N) is 1. The van der Waals surface area contributed by atoms with Crippen molar-refractivity contribution in [1.82, 2.24) is 0 Å². The molecule has 0 heterocycles. The van der Waals surface area contributed by atoms with Gasteiger partial charge in [-0.2, -0.15) is 0 Å². The van der Waals surface area contributed by atoms with Crippen LogP contribution < -0.4 is 5.73 Å². The van der Waals surface area contributed by atoms with E-state index in [2.05, 4.69) is 0 Å². The minimum absolute atomic E-state index is 0. The Labute approximate surface area is 51.7 Å². The Morgan fingerprint density at radius 2 is 2.00 bits per heavy atom. The summed E-state index contributed by atoms with van der Waals surface area (Å²) < 4.78 is 0. The third-order valence-corrected chi connectivity index (χ3v) is 1.03. The van der Waals surface area contributed by atoms with E-state index in [0.29, 0.717) is 0 Å². The van der Waals surface area contributed by atoms with E-state index in [-0.39, 0.29) is 19.6 Å². The lowest BCUT2D eigenvalue weighted by atomic mass is 10.1. The monoisotopic (exact) mass is 119 g/mol. The van der Waals surface area contributed by atoms with Gasteiger partial charge in [0.2, 0.25) is 0 Å². The van der Waals surface area contributed by atoms with Crippen LogP contribution in [0.15, 0.2) is 0 Å². The standard InChI is InChI=1S/C5H13NO.CH4/c1-3-5(7)4(2)6;/h4-5,7H,3,6H2,1-2H3;1H4. The molecular formula is C6H17NO. The summed E-state index contributed by atoms with van der Waals surface area (Å²) in [5.74, 6) is 0. The average Bonchev–Trinajstić information content (AvgIpc) is 1.65. The van der Waals surface area contributed by atoms with Crippen molar-refractivity contribution in [3.8, 4) is 0 Å². The van der Waals surface area contributed by atoms with Crippen LogP contribution in [0.3, 0.4) is 0 Å². The van der Waals surface area contributed by atoms with Crippen molar-refractivity contribution >= 4 is 0 Å². The van der Waals surface area contributed by atoms with E-state index in [0.717, 1.165) is 6.42 Å². The van der Waals surface area contributed by atoms with Crippen LogP contribution in [-0.2, 0) is 0 Å². The second-order valence-corrected chi connectivity index (χ2v) is 1.83. The first-order valence-corrected chi connectivity index (χ1v) is 2.62. The molecule has 2 heteroatoms. The van der Waals surface area contributed by atoms with Crippen LogP contribution in [-0.4, -0.2) is 17.3 Å². The highest BCUT2D eigenvalue weighted by atomic mass is 16.3. The van der Waals surface area contributed by atoms with E-state index >= 15 is 0 Å². The largest absolute Gasteiger partial charge is 0.392 e. The number of aliphatic hydroxyl groups excluding tert-OH is 1. The molecule has 0 saturated carbocycles. The molecule has 0 aliphatic rings. The molecule has 0 saturated heterocycles. The first-order valence-electron chi connectivity index (χ1n) is 2.62. The molecule has 0 aromatic carbocycles. The molecule has 0 fully saturated rings. The second kappa shape index (κ2) is 5.06. The Hall–Kier alpha value is -0.0800. The van der Waals surface area contributed by atoms with Gasteiger partial charge in [-0.3, -0.25) is 0 Å². The Kier molecular flexibility index (Phi) is 6.85. The first kappa shape index (κ1) is 10.8. The highest BCUT2D eigenvalue weighted by Gasteiger charge is 2.03. The van der Waals surface area contributed by atoms with Crippen molar-refractivity contribution in [2.45, 2.75) is 39.8 Å². The number of aliphatic hydroxyl groups is 1. The second-order valence-electron chi connectivity index (χ2n) is 1.83. The Balaban J connectivity index is 0. The van der Waals surface area contributed by atoms with Gasteiger partial charge in [0.1, 0.15) is 0 Å². The third kappa shape index (κ3) is 4.09. The Morgan fingerprint density at radius 1 is 1.62 bits per heavy atom. The molecule has 0 spiro atoms. The number of hydrogen-bond donors (Lipinski definition) is 2. The molecule has 0 rings (SSSR count). The minimum atomic E-state index is -0.319. The Bertz CT molecular complexity index is 45.8. The SMILES string of the molecule is C.CCC(O)C(C)N. The van der Waals surface area contributed by atoms with E-state index in [1.54, 1.807) is 6.92 Å². The fraction of sp³-hybridized carbons (Fsp3) is 1.00. The summed E-state index contributed by atoms with van der Waals surface area (Å²) in [7, 11) is 0. The zero-order valence-corrected chi connectivity index (χ0v) is 4.89. The van der Waals surface area contributed by atoms with Gasteiger partial charge in [-0.05, 0) is 13.3 Å². The van der Waals surface area contributed by atoms with Gasteiger partial charge < -0.3 is 10.8 Å². The molecule has 8 heavy (non-hydrogen) atoms. The van der Waals surface area contributed by atoms with Crippen molar-refractivity contribution in [2.24, 2.45) is 5.73 Å². The molecule has 0 radical (unpaired) electrons. The van der Waals surface area contributed by atoms with Gasteiger partial charge >= 0.3 is 0 Å². The zero-order valence-electron chi connectivity index (χ0n) is 4.89. The van der Waals surface area contributed by atoms with Crippen LogP contribution >= 0.6 is 0 Å². The van der Waals surface area contributed by atoms with Crippen molar-refractivity contribution in [3.05, 3.63) is 0 Å². The maximum atomic E-state index is 8.81. The summed E-state index contributed by atoms with van der Waals surface area (Å²) in [5, 5.41) is 8.81. The van der Waals surface area contributed by atoms with Gasteiger partial charge in [-0.15, -0.1) is 0 Å². The van der Waals surface area contributed by atoms with Gasteiger partial charge in [0.15, 0.2) is 0 Å². The van der Waals surface area contributed by atoms with E-state index < -0.39 is 0 Å². The van der Waals surface area contributed by atoms with E-state index in [1.807, 2.05) is 6.92 Å². The lowest BCUT2D eigenvalue weighted by molar-refractivity contribution is 0.147. The lowest BCUT2D eigenvalue weighted by Crippen LogP contribution is -2.30. The smallest absolute Gasteiger partial charge is 0.0685 e. The van der Waals surface area contributed by atoms with Crippen molar-refractivity contribution in [3.63, 3.8) is 0 Å². The van der Waals surface area contributed by atoms with E-state index in [4.69, 9.17) is 10.8 Å². The summed E-state index contributed by atoms with van der Waals surface area (Å²) in [6.45, 7) is 3.71. The molecule has 2 nitrogen and oxygen atoms in total. The molecule has 3 N–H and O–H groups in total. The molecular weight excluding hydrogens is 102 g/mol. The predicted octanol–water partition coefficient (Wildman–Crippen LogP) is 0.741. The van der Waals surface area contributed by atoms with Crippen LogP contribution in [0.1, 0.15) is 27.7 Å². The summed E-state index contributed by atoms with van der Waals surface area (Å²) in [5.41, 5.74) is 5.30. The summed E-state index contributed by atoms with van der Waals surface area (Å²) >= 11 is 0. The van der Waals surface area contributed by atoms with Crippen LogP contribution in [0.25, 0.3) is 0 Å². The molecule has 0 aromatic rings. The third-order valence-electron chi connectivity index (χ3n) is 1.03. The molecule has 0 amide bonds. The Morgan fingerprint density at radius 3 is 2.00 bits per heavy atom. The maximum absolute atomic E-state index is 8.81. The summed E-state index contributed by atoms with van der Waals surface area (Å²) in [4.78, 5) is 0. The highest BCUT2D eigenvalue weighted by Crippen LogP contribution is 1.91. The fourth-order valence-corrected chi connectivity index (χ4v) is 0.372. The summed E-state index contributed by atoms with van der Waals surface area (Å²) in [6.07, 6.45) is 0.428. The molecule has 0 aromatic heterocycles. The fourth-order valence-electron chi connectivity index (χ4n) is 0.372. The van der Waals surface area contributed by atoms with Gasteiger partial charge in [0, 0.05) is 6.04 Å². The molecule has 2 atom stereocenters. The van der Waals surface area contributed by atoms with Gasteiger partial charge in [-0.1, -0.05) is 14.4 Å². The highest BCUT2D eigenvalue weighted by molar-refractivity contribution is 4.62. The molecule has 2 unspecified atom stereocenters. The van der Waals surface area contributed by atoms with Crippen LogP contribution in [0.4, 0.5) is 0 Å². The van der Waals surface area contributed by atoms with Crippen molar-refractivity contribution in [1.29, 1.82) is 0 Å². The molecule has 0 aliphatic carbocycles. The topological polar surface area (TPSA) is 46.2 Å². The van der Waals surface area contributed by atoms with Gasteiger partial charge in [0.05, 0.1) is 6.10 Å². The van der Waals surface area contributed by atoms with E-state index in [9.17, 15) is 0 Å². The maximum Gasteiger partial charge on any atom is 0.0685 e. The quantitative estimate of drug-likeness (QED) is 0.563. The average molecular weight is 119 g/mol. The van der Waals surface area contributed by atoms with Crippen LogP contribution in [0.5, 0.6) is 0 Å². The van der Waals surface area contributed by atoms with E-state index in [1.165, 1.54) is 0 Å². The molecule has 52 valence electrons. The molecule has 0 bridgehead atoms. The first-order chi connectivity index (χ1) is 3.18. The number of hydrogen-bond acceptors (Lipinski definition) is 2. The molecule has 0 aliphatic heterocycles. The minimum Gasteiger partial charge on any atom is -0.392 e. The van der Waals surface area contributed by atoms with Crippen LogP contribution in [0.2, 0.25) is 0 Å². The predicted molar refractivity (Wildman–Crippen MR) is 36.7 cm³/mol. The lowest BCUT2D eigenvalue weighted by Gasteiger charge is -2.09. The van der Waals surface area contributed by atoms with Crippen molar-refractivity contribution < 1.29 is 5.11 Å². The van der Waals surface area contributed by atoms with Gasteiger partial charge in [0.25, 0.3) is 0 Å². The normalized spacial score (nSPS) is 16.5. The number of rotatable bonds is 2. The van der Waals surface area contributed by atoms with Gasteiger partial charge in [-0.25, -0.2) is 0 Å². The zero-order chi connectivity index (χ0) is 5.86.